The first-order valence-corrected chi connectivity index (χ1v) is 7.32. The van der Waals surface area contributed by atoms with Gasteiger partial charge in [-0.05, 0) is 16.8 Å². The summed E-state index contributed by atoms with van der Waals surface area (Å²) in [5, 5.41) is 21.0. The summed E-state index contributed by atoms with van der Waals surface area (Å²) in [5.74, 6) is 0.349. The molecule has 120 valence electrons. The molecule has 4 rings (SSSR count). The second-order valence-electron chi connectivity index (χ2n) is 5.35. The number of fused-ring (bicyclic) bond motifs is 1. The molecule has 1 aromatic carbocycles. The fraction of sp³-hybridized carbons (Fsp3) is 0.133. The minimum Gasteiger partial charge on any atom is -0.348 e. The van der Waals surface area contributed by atoms with Gasteiger partial charge in [-0.25, -0.2) is 4.52 Å². The molecule has 2 N–H and O–H groups in total. The van der Waals surface area contributed by atoms with Crippen LogP contribution in [-0.2, 0) is 13.6 Å². The maximum Gasteiger partial charge on any atom is 0.256 e. The lowest BCUT2D eigenvalue weighted by Crippen LogP contribution is -2.23. The van der Waals surface area contributed by atoms with Gasteiger partial charge in [0.15, 0.2) is 0 Å². The first kappa shape index (κ1) is 14.1. The molecule has 0 saturated carbocycles. The monoisotopic (exact) mass is 322 g/mol. The predicted molar refractivity (Wildman–Crippen MR) is 84.9 cm³/mol. The van der Waals surface area contributed by atoms with Gasteiger partial charge >= 0.3 is 0 Å². The maximum atomic E-state index is 12.4. The van der Waals surface area contributed by atoms with E-state index in [4.69, 9.17) is 0 Å². The van der Waals surface area contributed by atoms with Gasteiger partial charge in [0.1, 0.15) is 11.2 Å². The Balaban J connectivity index is 1.52. The van der Waals surface area contributed by atoms with Crippen LogP contribution in [0.2, 0.25) is 0 Å². The normalized spacial score (nSPS) is 11.0. The van der Waals surface area contributed by atoms with E-state index in [9.17, 15) is 4.79 Å². The molecule has 0 atom stereocenters. The smallest absolute Gasteiger partial charge is 0.256 e. The number of hydrogen-bond acceptors (Lipinski definition) is 5. The summed E-state index contributed by atoms with van der Waals surface area (Å²) in [5.41, 5.74) is 3.08. The van der Waals surface area contributed by atoms with Gasteiger partial charge < -0.3 is 9.88 Å². The average molecular weight is 322 g/mol. The van der Waals surface area contributed by atoms with Crippen LogP contribution in [0.1, 0.15) is 15.9 Å². The van der Waals surface area contributed by atoms with Crippen LogP contribution < -0.4 is 5.32 Å². The number of benzene rings is 1. The Kier molecular flexibility index (Phi) is 3.30. The Bertz CT molecular complexity index is 998. The fourth-order valence-corrected chi connectivity index (χ4v) is 2.59. The van der Waals surface area contributed by atoms with Crippen molar-refractivity contribution < 1.29 is 4.79 Å². The van der Waals surface area contributed by atoms with Crippen LogP contribution in [-0.4, -0.2) is 40.7 Å². The molecule has 4 aromatic rings. The topological polar surface area (TPSA) is 106 Å². The zero-order valence-electron chi connectivity index (χ0n) is 12.8. The summed E-state index contributed by atoms with van der Waals surface area (Å²) in [6, 6.07) is 7.63. The molecule has 0 saturated heterocycles. The number of aromatic nitrogens is 7. The molecule has 0 aliphatic carbocycles. The van der Waals surface area contributed by atoms with Crippen LogP contribution in [0.3, 0.4) is 0 Å². The molecule has 0 aliphatic rings. The Morgan fingerprint density at radius 2 is 2.25 bits per heavy atom. The number of amides is 1. The molecule has 3 heterocycles. The van der Waals surface area contributed by atoms with Gasteiger partial charge in [0.2, 0.25) is 5.82 Å². The van der Waals surface area contributed by atoms with E-state index in [2.05, 4.69) is 31.0 Å². The van der Waals surface area contributed by atoms with Crippen molar-refractivity contribution in [3.8, 4) is 11.4 Å². The van der Waals surface area contributed by atoms with Crippen molar-refractivity contribution in [1.82, 2.24) is 40.1 Å². The molecule has 1 amide bonds. The van der Waals surface area contributed by atoms with Crippen molar-refractivity contribution in [3.05, 3.63) is 54.0 Å². The average Bonchev–Trinajstić information content (AvgIpc) is 3.32. The van der Waals surface area contributed by atoms with Gasteiger partial charge in [0, 0.05) is 31.5 Å². The fourth-order valence-electron chi connectivity index (χ4n) is 2.59. The number of aromatic amines is 1. The third kappa shape index (κ3) is 2.41. The molecule has 9 nitrogen and oxygen atoms in total. The van der Waals surface area contributed by atoms with Crippen molar-refractivity contribution in [1.29, 1.82) is 0 Å². The highest BCUT2D eigenvalue weighted by Crippen LogP contribution is 2.15. The van der Waals surface area contributed by atoms with Crippen molar-refractivity contribution in [2.45, 2.75) is 6.54 Å². The second kappa shape index (κ2) is 5.61. The van der Waals surface area contributed by atoms with Crippen LogP contribution in [0.25, 0.3) is 17.0 Å². The second-order valence-corrected chi connectivity index (χ2v) is 5.35. The Morgan fingerprint density at radius 1 is 1.33 bits per heavy atom. The number of nitrogens with zero attached hydrogens (tertiary/aromatic N) is 6. The molecule has 24 heavy (non-hydrogen) atoms. The van der Waals surface area contributed by atoms with Crippen molar-refractivity contribution in [2.24, 2.45) is 7.05 Å². The SMILES string of the molecule is Cn1ccn2ncc(C(=O)NCc3cccc(-c4nn[nH]n4)c3)c12. The molecular weight excluding hydrogens is 308 g/mol. The number of carbonyl (C=O) groups excluding carboxylic acids is 1. The molecule has 0 aliphatic heterocycles. The highest BCUT2D eigenvalue weighted by atomic mass is 16.1. The van der Waals surface area contributed by atoms with E-state index in [0.717, 1.165) is 16.8 Å². The number of hydrogen-bond donors (Lipinski definition) is 2. The Labute approximate surface area is 136 Å². The van der Waals surface area contributed by atoms with E-state index in [1.165, 1.54) is 0 Å². The molecule has 0 bridgehead atoms. The Hall–Kier alpha value is -3.49. The summed E-state index contributed by atoms with van der Waals surface area (Å²) in [4.78, 5) is 12.4. The van der Waals surface area contributed by atoms with E-state index < -0.39 is 0 Å². The van der Waals surface area contributed by atoms with E-state index in [1.54, 1.807) is 16.9 Å². The summed E-state index contributed by atoms with van der Waals surface area (Å²) in [7, 11) is 1.88. The highest BCUT2D eigenvalue weighted by molar-refractivity contribution is 5.99. The molecule has 9 heteroatoms. The number of tetrazole rings is 1. The molecule has 0 fully saturated rings. The van der Waals surface area contributed by atoms with Crippen LogP contribution in [0.4, 0.5) is 0 Å². The van der Waals surface area contributed by atoms with E-state index in [0.29, 0.717) is 17.9 Å². The zero-order chi connectivity index (χ0) is 16.5. The summed E-state index contributed by atoms with van der Waals surface area (Å²) in [6.45, 7) is 0.395. The third-order valence-corrected chi connectivity index (χ3v) is 3.76. The Morgan fingerprint density at radius 3 is 3.08 bits per heavy atom. The first-order chi connectivity index (χ1) is 11.7. The molecule has 0 unspecified atom stereocenters. The molecule has 0 radical (unpaired) electrons. The predicted octanol–water partition coefficient (Wildman–Crippen LogP) is 0.783. The van der Waals surface area contributed by atoms with Crippen molar-refractivity contribution >= 4 is 11.6 Å². The minimum absolute atomic E-state index is 0.170. The highest BCUT2D eigenvalue weighted by Gasteiger charge is 2.15. The van der Waals surface area contributed by atoms with Gasteiger partial charge in [-0.15, -0.1) is 10.2 Å². The number of imidazole rings is 1. The van der Waals surface area contributed by atoms with Gasteiger partial charge in [-0.2, -0.15) is 10.3 Å². The van der Waals surface area contributed by atoms with Gasteiger partial charge in [0.05, 0.1) is 6.20 Å². The van der Waals surface area contributed by atoms with Crippen LogP contribution >= 0.6 is 0 Å². The van der Waals surface area contributed by atoms with Gasteiger partial charge in [-0.3, -0.25) is 4.79 Å². The summed E-state index contributed by atoms with van der Waals surface area (Å²) in [6.07, 6.45) is 5.23. The summed E-state index contributed by atoms with van der Waals surface area (Å²) >= 11 is 0. The number of carbonyl (C=O) groups is 1. The standard InChI is InChI=1S/C15H14N8O/c1-22-5-6-23-15(22)12(9-17-23)14(24)16-8-10-3-2-4-11(7-10)13-18-20-21-19-13/h2-7,9H,8H2,1H3,(H,16,24)(H,18,19,20,21). The number of H-pyrrole nitrogens is 1. The number of nitrogens with one attached hydrogen (secondary N) is 2. The van der Waals surface area contributed by atoms with E-state index >= 15 is 0 Å². The van der Waals surface area contributed by atoms with Crippen LogP contribution in [0.15, 0.2) is 42.9 Å². The molecule has 3 aromatic heterocycles. The largest absolute Gasteiger partial charge is 0.348 e. The van der Waals surface area contributed by atoms with Gasteiger partial charge in [0.25, 0.3) is 5.91 Å². The van der Waals surface area contributed by atoms with E-state index in [-0.39, 0.29) is 5.91 Å². The maximum absolute atomic E-state index is 12.4. The lowest BCUT2D eigenvalue weighted by atomic mass is 10.1. The van der Waals surface area contributed by atoms with Crippen molar-refractivity contribution in [2.75, 3.05) is 0 Å². The zero-order valence-corrected chi connectivity index (χ0v) is 12.8. The van der Waals surface area contributed by atoms with Crippen molar-refractivity contribution in [3.63, 3.8) is 0 Å². The third-order valence-electron chi connectivity index (χ3n) is 3.76. The minimum atomic E-state index is -0.170. The molecular formula is C15H14N8O. The number of rotatable bonds is 4. The van der Waals surface area contributed by atoms with Crippen LogP contribution in [0.5, 0.6) is 0 Å². The first-order valence-electron chi connectivity index (χ1n) is 7.32. The molecule has 0 spiro atoms. The van der Waals surface area contributed by atoms with E-state index in [1.807, 2.05) is 42.1 Å². The number of aryl methyl sites for hydroxylation is 1. The summed E-state index contributed by atoms with van der Waals surface area (Å²) < 4.78 is 3.53. The lowest BCUT2D eigenvalue weighted by molar-refractivity contribution is 0.0952. The quantitative estimate of drug-likeness (QED) is 0.577. The lowest BCUT2D eigenvalue weighted by Gasteiger charge is -2.06. The van der Waals surface area contributed by atoms with Crippen LogP contribution in [0, 0.1) is 0 Å². The van der Waals surface area contributed by atoms with Gasteiger partial charge in [-0.1, -0.05) is 18.2 Å².